The molecule has 1 saturated carbocycles. The molecule has 0 radical (unpaired) electrons. The summed E-state index contributed by atoms with van der Waals surface area (Å²) >= 11 is 0. The van der Waals surface area contributed by atoms with Crippen LogP contribution in [0.4, 0.5) is 0 Å². The predicted molar refractivity (Wildman–Crippen MR) is 85.2 cm³/mol. The Morgan fingerprint density at radius 2 is 2.19 bits per heavy atom. The van der Waals surface area contributed by atoms with Crippen molar-refractivity contribution < 1.29 is 9.53 Å². The van der Waals surface area contributed by atoms with Gasteiger partial charge in [0.15, 0.2) is 0 Å². The molecule has 4 nitrogen and oxygen atoms in total. The lowest BCUT2D eigenvalue weighted by Crippen LogP contribution is -2.43. The molecule has 1 aliphatic carbocycles. The highest BCUT2D eigenvalue weighted by molar-refractivity contribution is 5.80. The Kier molecular flexibility index (Phi) is 6.97. The fourth-order valence-electron chi connectivity index (χ4n) is 3.53. The molecule has 2 fully saturated rings. The monoisotopic (exact) mass is 296 g/mol. The molecule has 1 aliphatic heterocycles. The summed E-state index contributed by atoms with van der Waals surface area (Å²) in [6.07, 6.45) is 7.96. The molecule has 1 heterocycles. The molecule has 122 valence electrons. The summed E-state index contributed by atoms with van der Waals surface area (Å²) in [5.41, 5.74) is 0. The zero-order chi connectivity index (χ0) is 15.1. The van der Waals surface area contributed by atoms with Crippen molar-refractivity contribution in [3.8, 4) is 0 Å². The van der Waals surface area contributed by atoms with Crippen LogP contribution in [0.3, 0.4) is 0 Å². The summed E-state index contributed by atoms with van der Waals surface area (Å²) < 4.78 is 6.09. The summed E-state index contributed by atoms with van der Waals surface area (Å²) in [4.78, 5) is 12.3. The highest BCUT2D eigenvalue weighted by Gasteiger charge is 2.26. The lowest BCUT2D eigenvalue weighted by atomic mass is 9.88. The van der Waals surface area contributed by atoms with Crippen molar-refractivity contribution in [2.75, 3.05) is 19.6 Å². The van der Waals surface area contributed by atoms with E-state index in [1.54, 1.807) is 0 Å². The number of hydrogen-bond acceptors (Lipinski definition) is 3. The smallest absolute Gasteiger partial charge is 0.249 e. The number of amides is 1. The van der Waals surface area contributed by atoms with Crippen LogP contribution in [-0.2, 0) is 9.53 Å². The molecule has 2 N–H and O–H groups in total. The third kappa shape index (κ3) is 5.59. The van der Waals surface area contributed by atoms with Crippen LogP contribution in [0.15, 0.2) is 0 Å². The number of carbonyl (C=O) groups is 1. The molecule has 2 rings (SSSR count). The first-order valence-corrected chi connectivity index (χ1v) is 8.83. The normalized spacial score (nSPS) is 31.6. The lowest BCUT2D eigenvalue weighted by molar-refractivity contribution is -0.139. The number of piperidine rings is 1. The maximum Gasteiger partial charge on any atom is 0.249 e. The Bertz CT molecular complexity index is 316. The second-order valence-corrected chi connectivity index (χ2v) is 6.88. The zero-order valence-corrected chi connectivity index (χ0v) is 13.7. The van der Waals surface area contributed by atoms with E-state index in [1.807, 2.05) is 6.92 Å². The zero-order valence-electron chi connectivity index (χ0n) is 13.7. The average molecular weight is 296 g/mol. The summed E-state index contributed by atoms with van der Waals surface area (Å²) in [7, 11) is 0. The summed E-state index contributed by atoms with van der Waals surface area (Å²) in [6, 6.07) is 0. The fraction of sp³-hybridized carbons (Fsp3) is 0.941. The Morgan fingerprint density at radius 3 is 2.86 bits per heavy atom. The lowest BCUT2D eigenvalue weighted by Gasteiger charge is -2.30. The Morgan fingerprint density at radius 1 is 1.33 bits per heavy atom. The van der Waals surface area contributed by atoms with Crippen LogP contribution >= 0.6 is 0 Å². The Labute approximate surface area is 129 Å². The van der Waals surface area contributed by atoms with E-state index in [2.05, 4.69) is 17.6 Å². The third-order valence-corrected chi connectivity index (χ3v) is 4.87. The van der Waals surface area contributed by atoms with Gasteiger partial charge >= 0.3 is 0 Å². The molecule has 4 unspecified atom stereocenters. The highest BCUT2D eigenvalue weighted by atomic mass is 16.5. The number of hydrogen-bond donors (Lipinski definition) is 2. The van der Waals surface area contributed by atoms with Gasteiger partial charge in [-0.25, -0.2) is 0 Å². The van der Waals surface area contributed by atoms with E-state index < -0.39 is 0 Å². The van der Waals surface area contributed by atoms with E-state index in [0.717, 1.165) is 44.8 Å². The molecule has 1 amide bonds. The molecule has 0 spiro atoms. The van der Waals surface area contributed by atoms with Gasteiger partial charge in [0, 0.05) is 6.54 Å². The van der Waals surface area contributed by atoms with Gasteiger partial charge in [-0.15, -0.1) is 0 Å². The maximum atomic E-state index is 12.3. The Hall–Kier alpha value is -0.610. The highest BCUT2D eigenvalue weighted by Crippen LogP contribution is 2.27. The largest absolute Gasteiger partial charge is 0.365 e. The number of rotatable bonds is 6. The molecule has 2 aliphatic rings. The molecule has 4 heteroatoms. The average Bonchev–Trinajstić information content (AvgIpc) is 2.51. The molecule has 0 aromatic rings. The van der Waals surface area contributed by atoms with E-state index in [-0.39, 0.29) is 18.1 Å². The summed E-state index contributed by atoms with van der Waals surface area (Å²) in [5, 5.41) is 6.49. The van der Waals surface area contributed by atoms with Crippen LogP contribution in [0.2, 0.25) is 0 Å². The molecule has 0 aromatic heterocycles. The van der Waals surface area contributed by atoms with Crippen molar-refractivity contribution in [3.05, 3.63) is 0 Å². The minimum Gasteiger partial charge on any atom is -0.365 e. The van der Waals surface area contributed by atoms with Gasteiger partial charge in [-0.2, -0.15) is 0 Å². The number of carbonyl (C=O) groups excluding carboxylic acids is 1. The minimum atomic E-state index is -0.267. The second-order valence-electron chi connectivity index (χ2n) is 6.88. The van der Waals surface area contributed by atoms with Crippen molar-refractivity contribution in [2.45, 2.75) is 71.0 Å². The molecule has 1 saturated heterocycles. The van der Waals surface area contributed by atoms with Gasteiger partial charge in [-0.3, -0.25) is 4.79 Å². The molecule has 0 bridgehead atoms. The van der Waals surface area contributed by atoms with Crippen molar-refractivity contribution in [1.82, 2.24) is 10.6 Å². The van der Waals surface area contributed by atoms with Gasteiger partial charge in [0.2, 0.25) is 5.91 Å². The van der Waals surface area contributed by atoms with Crippen LogP contribution in [-0.4, -0.2) is 37.7 Å². The topological polar surface area (TPSA) is 50.4 Å². The van der Waals surface area contributed by atoms with Gasteiger partial charge in [-0.05, 0) is 57.0 Å². The predicted octanol–water partition coefficient (Wildman–Crippen LogP) is 2.48. The Balaban J connectivity index is 1.72. The van der Waals surface area contributed by atoms with Crippen molar-refractivity contribution in [1.29, 1.82) is 0 Å². The SMILES string of the molecule is CCC(OC1CCCC(C)C1)C(=O)NCC1CCCNC1. The molecule has 21 heavy (non-hydrogen) atoms. The second kappa shape index (κ2) is 8.74. The van der Waals surface area contributed by atoms with E-state index in [0.29, 0.717) is 5.92 Å². The number of ether oxygens (including phenoxy) is 1. The van der Waals surface area contributed by atoms with Crippen LogP contribution in [0.1, 0.15) is 58.8 Å². The quantitative estimate of drug-likeness (QED) is 0.791. The molecular formula is C17H32N2O2. The van der Waals surface area contributed by atoms with Crippen LogP contribution < -0.4 is 10.6 Å². The summed E-state index contributed by atoms with van der Waals surface area (Å²) in [6.45, 7) is 7.25. The standard InChI is InChI=1S/C17H32N2O2/c1-3-16(21-15-8-4-6-13(2)10-15)17(20)19-12-14-7-5-9-18-11-14/h13-16,18H,3-12H2,1-2H3,(H,19,20). The van der Waals surface area contributed by atoms with Gasteiger partial charge in [-0.1, -0.05) is 26.7 Å². The van der Waals surface area contributed by atoms with Crippen LogP contribution in [0, 0.1) is 11.8 Å². The van der Waals surface area contributed by atoms with E-state index in [9.17, 15) is 4.79 Å². The fourth-order valence-corrected chi connectivity index (χ4v) is 3.53. The maximum absolute atomic E-state index is 12.3. The van der Waals surface area contributed by atoms with E-state index in [1.165, 1.54) is 25.7 Å². The van der Waals surface area contributed by atoms with E-state index >= 15 is 0 Å². The van der Waals surface area contributed by atoms with E-state index in [4.69, 9.17) is 4.74 Å². The molecule has 0 aromatic carbocycles. The van der Waals surface area contributed by atoms with Crippen molar-refractivity contribution in [2.24, 2.45) is 11.8 Å². The van der Waals surface area contributed by atoms with Gasteiger partial charge in [0.05, 0.1) is 6.10 Å². The first-order valence-electron chi connectivity index (χ1n) is 8.83. The third-order valence-electron chi connectivity index (χ3n) is 4.87. The number of nitrogens with one attached hydrogen (secondary N) is 2. The van der Waals surface area contributed by atoms with Gasteiger partial charge in [0.1, 0.15) is 6.10 Å². The van der Waals surface area contributed by atoms with Crippen LogP contribution in [0.25, 0.3) is 0 Å². The summed E-state index contributed by atoms with van der Waals surface area (Å²) in [5.74, 6) is 1.40. The first-order chi connectivity index (χ1) is 10.2. The molecule has 4 atom stereocenters. The van der Waals surface area contributed by atoms with Crippen molar-refractivity contribution >= 4 is 5.91 Å². The van der Waals surface area contributed by atoms with Crippen molar-refractivity contribution in [3.63, 3.8) is 0 Å². The molecular weight excluding hydrogens is 264 g/mol. The van der Waals surface area contributed by atoms with Crippen LogP contribution in [0.5, 0.6) is 0 Å². The first kappa shape index (κ1) is 16.8. The minimum absolute atomic E-state index is 0.0845. The van der Waals surface area contributed by atoms with Gasteiger partial charge < -0.3 is 15.4 Å². The van der Waals surface area contributed by atoms with Gasteiger partial charge in [0.25, 0.3) is 0 Å².